The van der Waals surface area contributed by atoms with Crippen molar-refractivity contribution in [3.8, 4) is 0 Å². The normalized spacial score (nSPS) is 17.3. The van der Waals surface area contributed by atoms with E-state index in [0.29, 0.717) is 6.17 Å². The number of fused-ring (bicyclic) bond motifs is 1. The predicted molar refractivity (Wildman–Crippen MR) is 91.8 cm³/mol. The Morgan fingerprint density at radius 2 is 1.48 bits per heavy atom. The molecule has 0 unspecified atom stereocenters. The van der Waals surface area contributed by atoms with Gasteiger partial charge in [0.05, 0.1) is 11.4 Å². The average molecular weight is 280 g/mol. The smallest absolute Gasteiger partial charge is 0.103 e. The van der Waals surface area contributed by atoms with Crippen LogP contribution in [0.3, 0.4) is 0 Å². The van der Waals surface area contributed by atoms with Gasteiger partial charge in [0.25, 0.3) is 0 Å². The predicted octanol–water partition coefficient (Wildman–Crippen LogP) is 4.85. The summed E-state index contributed by atoms with van der Waals surface area (Å²) in [6, 6.07) is 11.3. The Labute approximate surface area is 128 Å². The van der Waals surface area contributed by atoms with Crippen LogP contribution in [0.4, 0.5) is 17.1 Å². The molecule has 0 N–H and O–H groups in total. The van der Waals surface area contributed by atoms with Crippen LogP contribution in [0.1, 0.15) is 29.2 Å². The Kier molecular flexibility index (Phi) is 3.20. The monoisotopic (exact) mass is 280 g/mol. The number of aryl methyl sites for hydroxylation is 3. The molecule has 21 heavy (non-hydrogen) atoms. The molecule has 1 heterocycles. The van der Waals surface area contributed by atoms with Gasteiger partial charge in [0.15, 0.2) is 0 Å². The van der Waals surface area contributed by atoms with Gasteiger partial charge in [-0.2, -0.15) is 0 Å². The molecule has 0 saturated heterocycles. The van der Waals surface area contributed by atoms with Gasteiger partial charge in [0, 0.05) is 12.7 Å². The summed E-state index contributed by atoms with van der Waals surface area (Å²) in [5.41, 5.74) is 9.32. The van der Waals surface area contributed by atoms with Gasteiger partial charge in [-0.3, -0.25) is 0 Å². The molecule has 1 aliphatic rings. The summed E-state index contributed by atoms with van der Waals surface area (Å²) in [7, 11) is 2.18. The van der Waals surface area contributed by atoms with Crippen molar-refractivity contribution in [3.63, 3.8) is 0 Å². The molecule has 1 aliphatic heterocycles. The second kappa shape index (κ2) is 4.80. The van der Waals surface area contributed by atoms with E-state index in [-0.39, 0.29) is 0 Å². The van der Waals surface area contributed by atoms with Crippen LogP contribution in [-0.2, 0) is 0 Å². The van der Waals surface area contributed by atoms with Crippen molar-refractivity contribution >= 4 is 17.1 Å². The molecule has 0 radical (unpaired) electrons. The van der Waals surface area contributed by atoms with Gasteiger partial charge in [-0.1, -0.05) is 12.1 Å². The minimum atomic E-state index is 0.335. The second-order valence-corrected chi connectivity index (χ2v) is 6.33. The third-order valence-corrected chi connectivity index (χ3v) is 4.75. The van der Waals surface area contributed by atoms with Crippen molar-refractivity contribution < 1.29 is 0 Å². The maximum atomic E-state index is 2.46. The molecule has 3 rings (SSSR count). The van der Waals surface area contributed by atoms with Gasteiger partial charge in [0.2, 0.25) is 0 Å². The number of hydrogen-bond acceptors (Lipinski definition) is 2. The highest BCUT2D eigenvalue weighted by molar-refractivity contribution is 5.85. The van der Waals surface area contributed by atoms with E-state index in [1.54, 1.807) is 0 Å². The molecule has 2 nitrogen and oxygen atoms in total. The SMILES string of the molecule is Cc1ccc2c(c1)N(C)[C@@H](C)N2c1cc(C)cc(C)c1C. The van der Waals surface area contributed by atoms with Gasteiger partial charge in [0.1, 0.15) is 6.17 Å². The Balaban J connectivity index is 2.21. The Hall–Kier alpha value is -1.96. The quantitative estimate of drug-likeness (QED) is 0.736. The van der Waals surface area contributed by atoms with Crippen molar-refractivity contribution in [2.75, 3.05) is 16.8 Å². The van der Waals surface area contributed by atoms with Crippen LogP contribution >= 0.6 is 0 Å². The standard InChI is InChI=1S/C19H24N2/c1-12-7-8-17-19(10-12)20(6)16(5)21(17)18-11-13(2)9-14(3)15(18)4/h7-11,16H,1-6H3/t16-/m1/s1. The molecule has 0 saturated carbocycles. The van der Waals surface area contributed by atoms with Crippen LogP contribution < -0.4 is 9.80 Å². The molecule has 110 valence electrons. The van der Waals surface area contributed by atoms with Crippen LogP contribution in [0.2, 0.25) is 0 Å². The van der Waals surface area contributed by atoms with E-state index in [1.165, 1.54) is 39.3 Å². The van der Waals surface area contributed by atoms with E-state index in [2.05, 4.69) is 81.8 Å². The molecule has 2 heteroatoms. The number of anilines is 3. The number of benzene rings is 2. The molecule has 0 aromatic heterocycles. The van der Waals surface area contributed by atoms with Gasteiger partial charge < -0.3 is 9.80 Å². The summed E-state index contributed by atoms with van der Waals surface area (Å²) in [6.07, 6.45) is 0.335. The fourth-order valence-electron chi connectivity index (χ4n) is 3.29. The average Bonchev–Trinajstić information content (AvgIpc) is 2.67. The molecule has 0 spiro atoms. The molecular formula is C19H24N2. The first-order valence-electron chi connectivity index (χ1n) is 7.60. The third kappa shape index (κ3) is 2.10. The maximum absolute atomic E-state index is 2.46. The highest BCUT2D eigenvalue weighted by Crippen LogP contribution is 2.45. The first kappa shape index (κ1) is 14.0. The van der Waals surface area contributed by atoms with E-state index in [9.17, 15) is 0 Å². The lowest BCUT2D eigenvalue weighted by Crippen LogP contribution is -2.36. The minimum absolute atomic E-state index is 0.335. The van der Waals surface area contributed by atoms with Gasteiger partial charge in [-0.15, -0.1) is 0 Å². The van der Waals surface area contributed by atoms with Crippen LogP contribution in [0.5, 0.6) is 0 Å². The molecule has 2 aromatic carbocycles. The number of rotatable bonds is 1. The number of nitrogens with zero attached hydrogens (tertiary/aromatic N) is 2. The summed E-state index contributed by atoms with van der Waals surface area (Å²) in [5.74, 6) is 0. The molecule has 0 bridgehead atoms. The zero-order valence-corrected chi connectivity index (χ0v) is 13.9. The van der Waals surface area contributed by atoms with E-state index < -0.39 is 0 Å². The molecule has 1 atom stereocenters. The van der Waals surface area contributed by atoms with Crippen molar-refractivity contribution in [1.82, 2.24) is 0 Å². The highest BCUT2D eigenvalue weighted by atomic mass is 15.4. The van der Waals surface area contributed by atoms with Crippen molar-refractivity contribution in [2.24, 2.45) is 0 Å². The highest BCUT2D eigenvalue weighted by Gasteiger charge is 2.32. The van der Waals surface area contributed by atoms with E-state index in [1.807, 2.05) is 0 Å². The lowest BCUT2D eigenvalue weighted by molar-refractivity contribution is 0.732. The van der Waals surface area contributed by atoms with Crippen LogP contribution in [0.15, 0.2) is 30.3 Å². The van der Waals surface area contributed by atoms with Gasteiger partial charge in [-0.25, -0.2) is 0 Å². The summed E-state index contributed by atoms with van der Waals surface area (Å²) in [4.78, 5) is 4.82. The van der Waals surface area contributed by atoms with Crippen LogP contribution in [0, 0.1) is 27.7 Å². The fourth-order valence-corrected chi connectivity index (χ4v) is 3.29. The van der Waals surface area contributed by atoms with Crippen LogP contribution in [0.25, 0.3) is 0 Å². The largest absolute Gasteiger partial charge is 0.353 e. The molecule has 0 amide bonds. The van der Waals surface area contributed by atoms with Crippen LogP contribution in [-0.4, -0.2) is 13.2 Å². The maximum Gasteiger partial charge on any atom is 0.103 e. The molecular weight excluding hydrogens is 256 g/mol. The lowest BCUT2D eigenvalue weighted by Gasteiger charge is -2.30. The second-order valence-electron chi connectivity index (χ2n) is 6.33. The summed E-state index contributed by atoms with van der Waals surface area (Å²) >= 11 is 0. The van der Waals surface area contributed by atoms with Gasteiger partial charge in [-0.05, 0) is 75.1 Å². The zero-order chi connectivity index (χ0) is 15.3. The zero-order valence-electron chi connectivity index (χ0n) is 13.9. The Morgan fingerprint density at radius 3 is 2.19 bits per heavy atom. The van der Waals surface area contributed by atoms with E-state index in [0.717, 1.165) is 0 Å². The minimum Gasteiger partial charge on any atom is -0.353 e. The molecule has 2 aromatic rings. The summed E-state index contributed by atoms with van der Waals surface area (Å²) in [6.45, 7) is 11.0. The Bertz CT molecular complexity index is 703. The Morgan fingerprint density at radius 1 is 0.810 bits per heavy atom. The van der Waals surface area contributed by atoms with Crippen molar-refractivity contribution in [2.45, 2.75) is 40.8 Å². The van der Waals surface area contributed by atoms with E-state index in [4.69, 9.17) is 0 Å². The first-order chi connectivity index (χ1) is 9.90. The fraction of sp³-hybridized carbons (Fsp3) is 0.368. The first-order valence-corrected chi connectivity index (χ1v) is 7.60. The molecule has 0 fully saturated rings. The van der Waals surface area contributed by atoms with Gasteiger partial charge >= 0.3 is 0 Å². The van der Waals surface area contributed by atoms with Crippen molar-refractivity contribution in [3.05, 3.63) is 52.6 Å². The van der Waals surface area contributed by atoms with E-state index >= 15 is 0 Å². The topological polar surface area (TPSA) is 6.48 Å². The summed E-state index contributed by atoms with van der Waals surface area (Å²) in [5, 5.41) is 0. The third-order valence-electron chi connectivity index (χ3n) is 4.75. The molecule has 0 aliphatic carbocycles. The van der Waals surface area contributed by atoms with Crippen molar-refractivity contribution in [1.29, 1.82) is 0 Å². The summed E-state index contributed by atoms with van der Waals surface area (Å²) < 4.78 is 0. The lowest BCUT2D eigenvalue weighted by atomic mass is 10.0. The number of hydrogen-bond donors (Lipinski definition) is 0.